The molecule has 0 N–H and O–H groups in total. The third-order valence-electron chi connectivity index (χ3n) is 6.35. The van der Waals surface area contributed by atoms with Crippen LogP contribution in [0.1, 0.15) is 46.1 Å². The van der Waals surface area contributed by atoms with Crippen molar-refractivity contribution in [3.8, 4) is 0 Å². The molecule has 4 aromatic rings. The second-order valence-corrected chi connectivity index (χ2v) is 8.64. The van der Waals surface area contributed by atoms with Crippen molar-refractivity contribution in [3.63, 3.8) is 0 Å². The van der Waals surface area contributed by atoms with Gasteiger partial charge in [-0.05, 0) is 37.1 Å². The summed E-state index contributed by atoms with van der Waals surface area (Å²) in [7, 11) is 0. The largest absolute Gasteiger partial charge is 0.417 e. The lowest BCUT2D eigenvalue weighted by molar-refractivity contribution is -0.384. The number of carbonyl (C=O) groups excluding carboxylic acids is 1. The zero-order valence-electron chi connectivity index (χ0n) is 18.9. The molecule has 1 aliphatic rings. The second kappa shape index (κ2) is 9.06. The van der Waals surface area contributed by atoms with Crippen LogP contribution >= 0.6 is 0 Å². The SMILES string of the molecule is O=C(c1ccccc1)c1ccc(N2CCCC(c3nnc4ccc(C(F)(F)F)cn34)C2)c([N+](=O)[O-])c1. The first-order valence-corrected chi connectivity index (χ1v) is 11.3. The molecule has 1 saturated heterocycles. The number of piperidine rings is 1. The van der Waals surface area contributed by atoms with Gasteiger partial charge in [0.2, 0.25) is 0 Å². The molecule has 2 aromatic heterocycles. The Morgan fingerprint density at radius 1 is 1.03 bits per heavy atom. The quantitative estimate of drug-likeness (QED) is 0.213. The van der Waals surface area contributed by atoms with Crippen LogP contribution in [0.25, 0.3) is 5.65 Å². The highest BCUT2D eigenvalue weighted by molar-refractivity contribution is 6.09. The van der Waals surface area contributed by atoms with Crippen LogP contribution in [0.2, 0.25) is 0 Å². The van der Waals surface area contributed by atoms with Gasteiger partial charge in [0.25, 0.3) is 5.69 Å². The van der Waals surface area contributed by atoms with Crippen LogP contribution in [-0.4, -0.2) is 38.4 Å². The number of nitro benzene ring substituents is 1. The van der Waals surface area contributed by atoms with Crippen molar-refractivity contribution in [2.24, 2.45) is 0 Å². The average Bonchev–Trinajstić information content (AvgIpc) is 3.31. The Kier molecular flexibility index (Phi) is 5.91. The minimum absolute atomic E-state index is 0.202. The summed E-state index contributed by atoms with van der Waals surface area (Å²) in [6.07, 6.45) is -2.23. The molecule has 184 valence electrons. The van der Waals surface area contributed by atoms with Gasteiger partial charge < -0.3 is 4.90 Å². The van der Waals surface area contributed by atoms with Gasteiger partial charge in [-0.1, -0.05) is 30.3 Å². The van der Waals surface area contributed by atoms with E-state index in [-0.39, 0.29) is 23.0 Å². The fourth-order valence-corrected chi connectivity index (χ4v) is 4.60. The Hall–Kier alpha value is -4.28. The Balaban J connectivity index is 1.46. The van der Waals surface area contributed by atoms with E-state index in [1.54, 1.807) is 42.5 Å². The highest BCUT2D eigenvalue weighted by Gasteiger charge is 2.33. The van der Waals surface area contributed by atoms with Crippen LogP contribution in [0, 0.1) is 10.1 Å². The smallest absolute Gasteiger partial charge is 0.365 e. The fraction of sp³-hybridized carbons (Fsp3) is 0.240. The summed E-state index contributed by atoms with van der Waals surface area (Å²) in [5, 5.41) is 20.1. The van der Waals surface area contributed by atoms with Crippen molar-refractivity contribution in [3.05, 3.63) is 99.5 Å². The normalized spacial score (nSPS) is 16.3. The van der Waals surface area contributed by atoms with Gasteiger partial charge in [0, 0.05) is 42.4 Å². The van der Waals surface area contributed by atoms with Gasteiger partial charge in [-0.25, -0.2) is 0 Å². The summed E-state index contributed by atoms with van der Waals surface area (Å²) in [5.74, 6) is -0.237. The van der Waals surface area contributed by atoms with Crippen molar-refractivity contribution >= 4 is 22.8 Å². The van der Waals surface area contributed by atoms with Crippen LogP contribution in [0.5, 0.6) is 0 Å². The van der Waals surface area contributed by atoms with E-state index < -0.39 is 16.7 Å². The average molecular weight is 495 g/mol. The van der Waals surface area contributed by atoms with Gasteiger partial charge in [-0.15, -0.1) is 10.2 Å². The Morgan fingerprint density at radius 3 is 2.53 bits per heavy atom. The lowest BCUT2D eigenvalue weighted by Gasteiger charge is -2.33. The molecule has 1 aliphatic heterocycles. The first kappa shape index (κ1) is 23.5. The molecule has 0 saturated carbocycles. The molecule has 1 atom stereocenters. The number of aromatic nitrogens is 3. The van der Waals surface area contributed by atoms with E-state index in [1.165, 1.54) is 16.5 Å². The molecule has 2 aromatic carbocycles. The zero-order valence-corrected chi connectivity index (χ0v) is 18.9. The number of hydrogen-bond acceptors (Lipinski definition) is 6. The molecule has 0 spiro atoms. The number of pyridine rings is 1. The summed E-state index contributed by atoms with van der Waals surface area (Å²) in [5.41, 5.74) is 0.257. The van der Waals surface area contributed by atoms with E-state index in [9.17, 15) is 28.1 Å². The molecule has 0 amide bonds. The number of alkyl halides is 3. The lowest BCUT2D eigenvalue weighted by atomic mass is 9.95. The number of nitrogens with zero attached hydrogens (tertiary/aromatic N) is 5. The summed E-state index contributed by atoms with van der Waals surface area (Å²) in [6.45, 7) is 0.831. The van der Waals surface area contributed by atoms with Gasteiger partial charge in [0.15, 0.2) is 11.4 Å². The maximum Gasteiger partial charge on any atom is 0.417 e. The molecule has 1 fully saturated rings. The lowest BCUT2D eigenvalue weighted by Crippen LogP contribution is -2.35. The number of anilines is 1. The second-order valence-electron chi connectivity index (χ2n) is 8.64. The fourth-order valence-electron chi connectivity index (χ4n) is 4.60. The first-order valence-electron chi connectivity index (χ1n) is 11.3. The monoisotopic (exact) mass is 495 g/mol. The zero-order chi connectivity index (χ0) is 25.4. The molecule has 11 heteroatoms. The number of rotatable bonds is 5. The van der Waals surface area contributed by atoms with Gasteiger partial charge in [0.05, 0.1) is 10.5 Å². The van der Waals surface area contributed by atoms with Crippen LogP contribution in [-0.2, 0) is 6.18 Å². The van der Waals surface area contributed by atoms with Crippen LogP contribution in [0.15, 0.2) is 66.9 Å². The van der Waals surface area contributed by atoms with E-state index in [0.29, 0.717) is 48.7 Å². The van der Waals surface area contributed by atoms with Crippen molar-refractivity contribution in [1.82, 2.24) is 14.6 Å². The molecule has 5 rings (SSSR count). The van der Waals surface area contributed by atoms with Crippen LogP contribution in [0.3, 0.4) is 0 Å². The molecule has 1 unspecified atom stereocenters. The topological polar surface area (TPSA) is 93.6 Å². The van der Waals surface area contributed by atoms with Crippen LogP contribution in [0.4, 0.5) is 24.5 Å². The van der Waals surface area contributed by atoms with Crippen molar-refractivity contribution in [2.45, 2.75) is 24.9 Å². The van der Waals surface area contributed by atoms with E-state index >= 15 is 0 Å². The van der Waals surface area contributed by atoms with Gasteiger partial charge in [-0.2, -0.15) is 13.2 Å². The third kappa shape index (κ3) is 4.39. The standard InChI is InChI=1S/C25H20F3N5O3/c26-25(27,28)19-9-11-22-29-30-24(32(22)15-19)18-7-4-12-31(14-18)20-10-8-17(13-21(20)33(35)36)23(34)16-5-2-1-3-6-16/h1-3,5-6,8-11,13,15,18H,4,7,12,14H2. The number of halogens is 3. The van der Waals surface area contributed by atoms with Crippen molar-refractivity contribution < 1.29 is 22.9 Å². The third-order valence-corrected chi connectivity index (χ3v) is 6.35. The van der Waals surface area contributed by atoms with Gasteiger partial charge in [-0.3, -0.25) is 19.3 Å². The highest BCUT2D eigenvalue weighted by atomic mass is 19.4. The number of benzene rings is 2. The minimum atomic E-state index is -4.51. The summed E-state index contributed by atoms with van der Waals surface area (Å²) < 4.78 is 41.1. The molecular formula is C25H20F3N5O3. The summed E-state index contributed by atoms with van der Waals surface area (Å²) in [6, 6.07) is 15.1. The number of hydrogen-bond donors (Lipinski definition) is 0. The predicted octanol–water partition coefficient (Wildman–Crippen LogP) is 5.27. The number of nitro groups is 1. The summed E-state index contributed by atoms with van der Waals surface area (Å²) in [4.78, 5) is 26.0. The Bertz CT molecular complexity index is 1450. The van der Waals surface area contributed by atoms with Gasteiger partial charge in [0.1, 0.15) is 11.5 Å². The number of carbonyl (C=O) groups is 1. The highest BCUT2D eigenvalue weighted by Crippen LogP contribution is 2.36. The Morgan fingerprint density at radius 2 is 1.81 bits per heavy atom. The van der Waals surface area contributed by atoms with Gasteiger partial charge >= 0.3 is 6.18 Å². The minimum Gasteiger partial charge on any atom is -0.365 e. The number of ketones is 1. The van der Waals surface area contributed by atoms with Crippen LogP contribution < -0.4 is 4.90 Å². The van der Waals surface area contributed by atoms with Crippen molar-refractivity contribution in [1.29, 1.82) is 0 Å². The molecule has 3 heterocycles. The predicted molar refractivity (Wildman–Crippen MR) is 125 cm³/mol. The molecular weight excluding hydrogens is 475 g/mol. The maximum atomic E-state index is 13.2. The van der Waals surface area contributed by atoms with E-state index in [2.05, 4.69) is 10.2 Å². The molecule has 0 radical (unpaired) electrons. The number of fused-ring (bicyclic) bond motifs is 1. The maximum absolute atomic E-state index is 13.2. The molecule has 0 bridgehead atoms. The van der Waals surface area contributed by atoms with E-state index in [1.807, 2.05) is 4.90 Å². The van der Waals surface area contributed by atoms with E-state index in [4.69, 9.17) is 0 Å². The van der Waals surface area contributed by atoms with E-state index in [0.717, 1.165) is 12.3 Å². The summed E-state index contributed by atoms with van der Waals surface area (Å²) >= 11 is 0. The Labute approximate surface area is 203 Å². The molecule has 8 nitrogen and oxygen atoms in total. The molecule has 0 aliphatic carbocycles. The molecule has 36 heavy (non-hydrogen) atoms. The first-order chi connectivity index (χ1) is 17.2. The van der Waals surface area contributed by atoms with Crippen molar-refractivity contribution in [2.75, 3.05) is 18.0 Å².